The van der Waals surface area contributed by atoms with E-state index < -0.39 is 10.0 Å². The molecule has 0 aliphatic carbocycles. The summed E-state index contributed by atoms with van der Waals surface area (Å²) in [6.07, 6.45) is 1.23. The predicted molar refractivity (Wildman–Crippen MR) is 99.3 cm³/mol. The topological polar surface area (TPSA) is 88.7 Å². The molecule has 0 aliphatic heterocycles. The second-order valence-corrected chi connectivity index (χ2v) is 7.53. The minimum Gasteiger partial charge on any atom is -0.416 e. The minimum absolute atomic E-state index is 0.0113. The Labute approximate surface area is 152 Å². The molecule has 0 amide bonds. The van der Waals surface area contributed by atoms with Crippen LogP contribution in [-0.2, 0) is 10.0 Å². The maximum atomic E-state index is 12.5. The van der Waals surface area contributed by atoms with Crippen LogP contribution in [0.1, 0.15) is 5.56 Å². The first kappa shape index (κ1) is 17.8. The fraction of sp³-hybridized carbons (Fsp3) is 0.167. The lowest BCUT2D eigenvalue weighted by molar-refractivity contribution is 0.578. The number of hydrogen-bond donors (Lipinski definition) is 0. The Morgan fingerprint density at radius 1 is 1.00 bits per heavy atom. The number of aromatic nitrogens is 2. The molecule has 0 saturated heterocycles. The van der Waals surface area contributed by atoms with E-state index in [1.807, 2.05) is 31.2 Å². The molecule has 0 bridgehead atoms. The molecule has 7 nitrogen and oxygen atoms in total. The molecule has 0 radical (unpaired) electrons. The Hall–Kier alpha value is -3.00. The zero-order valence-electron chi connectivity index (χ0n) is 14.6. The predicted octanol–water partition coefficient (Wildman–Crippen LogP) is 2.99. The molecule has 26 heavy (non-hydrogen) atoms. The summed E-state index contributed by atoms with van der Waals surface area (Å²) in [7, 11) is -0.513. The first-order valence-electron chi connectivity index (χ1n) is 7.84. The van der Waals surface area contributed by atoms with E-state index in [2.05, 4.69) is 14.6 Å². The van der Waals surface area contributed by atoms with Crippen LogP contribution in [0.25, 0.3) is 22.9 Å². The molecule has 0 saturated carbocycles. The second-order valence-electron chi connectivity index (χ2n) is 5.93. The molecule has 2 aromatic carbocycles. The standard InChI is InChI=1S/C18H18N4O3S/c1-13-8-10-14(11-9-13)17-20-21-18(25-17)15-6-4-5-7-16(15)26(23,24)19-12-22(2)3/h4-12H,1-3H3. The third-order valence-corrected chi connectivity index (χ3v) is 4.82. The van der Waals surface area contributed by atoms with Gasteiger partial charge in [0.1, 0.15) is 11.2 Å². The summed E-state index contributed by atoms with van der Waals surface area (Å²) in [4.78, 5) is 1.56. The molecule has 0 spiro atoms. The average Bonchev–Trinajstić information content (AvgIpc) is 3.11. The molecule has 3 rings (SSSR count). The highest BCUT2D eigenvalue weighted by molar-refractivity contribution is 7.90. The highest BCUT2D eigenvalue weighted by atomic mass is 32.2. The molecular formula is C18H18N4O3S. The summed E-state index contributed by atoms with van der Waals surface area (Å²) < 4.78 is 34.4. The van der Waals surface area contributed by atoms with Gasteiger partial charge in [-0.2, -0.15) is 8.42 Å². The van der Waals surface area contributed by atoms with Crippen LogP contribution >= 0.6 is 0 Å². The zero-order chi connectivity index (χ0) is 18.7. The van der Waals surface area contributed by atoms with Gasteiger partial charge < -0.3 is 9.32 Å². The van der Waals surface area contributed by atoms with E-state index in [-0.39, 0.29) is 10.8 Å². The van der Waals surface area contributed by atoms with Crippen LogP contribution in [0.4, 0.5) is 0 Å². The molecule has 0 N–H and O–H groups in total. The molecule has 0 aliphatic rings. The maximum absolute atomic E-state index is 12.5. The van der Waals surface area contributed by atoms with Crippen molar-refractivity contribution in [3.63, 3.8) is 0 Å². The van der Waals surface area contributed by atoms with E-state index in [4.69, 9.17) is 4.42 Å². The monoisotopic (exact) mass is 370 g/mol. The van der Waals surface area contributed by atoms with Crippen molar-refractivity contribution < 1.29 is 12.8 Å². The van der Waals surface area contributed by atoms with Crippen molar-refractivity contribution in [3.8, 4) is 22.9 Å². The van der Waals surface area contributed by atoms with E-state index in [1.165, 1.54) is 12.4 Å². The molecular weight excluding hydrogens is 352 g/mol. The van der Waals surface area contributed by atoms with E-state index in [0.29, 0.717) is 11.5 Å². The van der Waals surface area contributed by atoms with Gasteiger partial charge in [-0.3, -0.25) is 0 Å². The van der Waals surface area contributed by atoms with E-state index >= 15 is 0 Å². The van der Waals surface area contributed by atoms with Gasteiger partial charge in [0.2, 0.25) is 11.8 Å². The van der Waals surface area contributed by atoms with Crippen LogP contribution in [0.5, 0.6) is 0 Å². The number of hydrogen-bond acceptors (Lipinski definition) is 5. The van der Waals surface area contributed by atoms with Crippen LogP contribution in [0, 0.1) is 6.92 Å². The first-order chi connectivity index (χ1) is 12.4. The lowest BCUT2D eigenvalue weighted by Crippen LogP contribution is -2.10. The third kappa shape index (κ3) is 3.80. The van der Waals surface area contributed by atoms with Crippen molar-refractivity contribution >= 4 is 16.4 Å². The van der Waals surface area contributed by atoms with Gasteiger partial charge in [-0.15, -0.1) is 14.6 Å². The van der Waals surface area contributed by atoms with Crippen LogP contribution in [0.2, 0.25) is 0 Å². The van der Waals surface area contributed by atoms with E-state index in [9.17, 15) is 8.42 Å². The number of nitrogens with zero attached hydrogens (tertiary/aromatic N) is 4. The molecule has 8 heteroatoms. The van der Waals surface area contributed by atoms with Crippen molar-refractivity contribution in [3.05, 3.63) is 54.1 Å². The van der Waals surface area contributed by atoms with Gasteiger partial charge >= 0.3 is 0 Å². The van der Waals surface area contributed by atoms with Gasteiger partial charge in [-0.1, -0.05) is 29.8 Å². The number of aryl methyl sites for hydroxylation is 1. The highest BCUT2D eigenvalue weighted by Gasteiger charge is 2.21. The first-order valence-corrected chi connectivity index (χ1v) is 9.28. The van der Waals surface area contributed by atoms with Gasteiger partial charge in [0.25, 0.3) is 10.0 Å². The molecule has 0 atom stereocenters. The summed E-state index contributed by atoms with van der Waals surface area (Å²) in [6, 6.07) is 14.0. The fourth-order valence-corrected chi connectivity index (χ4v) is 3.34. The van der Waals surface area contributed by atoms with Crippen LogP contribution in [0.3, 0.4) is 0 Å². The van der Waals surface area contributed by atoms with Crippen LogP contribution < -0.4 is 0 Å². The minimum atomic E-state index is -3.90. The van der Waals surface area contributed by atoms with Gasteiger partial charge in [-0.25, -0.2) is 0 Å². The molecule has 0 unspecified atom stereocenters. The zero-order valence-corrected chi connectivity index (χ0v) is 15.4. The molecule has 3 aromatic rings. The Kier molecular flexibility index (Phi) is 4.85. The van der Waals surface area contributed by atoms with E-state index in [0.717, 1.165) is 11.1 Å². The highest BCUT2D eigenvalue weighted by Crippen LogP contribution is 2.29. The number of rotatable bonds is 5. The Morgan fingerprint density at radius 3 is 2.35 bits per heavy atom. The average molecular weight is 370 g/mol. The normalized spacial score (nSPS) is 11.8. The van der Waals surface area contributed by atoms with Gasteiger partial charge in [-0.05, 0) is 31.2 Å². The van der Waals surface area contributed by atoms with Gasteiger partial charge in [0, 0.05) is 19.7 Å². The summed E-state index contributed by atoms with van der Waals surface area (Å²) in [5.41, 5.74) is 2.19. The molecule has 1 aromatic heterocycles. The summed E-state index contributed by atoms with van der Waals surface area (Å²) >= 11 is 0. The largest absolute Gasteiger partial charge is 0.416 e. The second kappa shape index (κ2) is 7.09. The Bertz CT molecular complexity index is 1040. The Morgan fingerprint density at radius 2 is 1.65 bits per heavy atom. The number of sulfonamides is 1. The lowest BCUT2D eigenvalue weighted by Gasteiger charge is -2.06. The Balaban J connectivity index is 2.03. The summed E-state index contributed by atoms with van der Waals surface area (Å²) in [5.74, 6) is 0.448. The molecule has 134 valence electrons. The number of benzene rings is 2. The molecule has 0 fully saturated rings. The van der Waals surface area contributed by atoms with Crippen molar-refractivity contribution in [2.24, 2.45) is 4.40 Å². The van der Waals surface area contributed by atoms with Crippen molar-refractivity contribution in [2.75, 3.05) is 14.1 Å². The van der Waals surface area contributed by atoms with E-state index in [1.54, 1.807) is 37.2 Å². The van der Waals surface area contributed by atoms with Crippen molar-refractivity contribution in [2.45, 2.75) is 11.8 Å². The van der Waals surface area contributed by atoms with Gasteiger partial charge in [0.15, 0.2) is 0 Å². The molecule has 1 heterocycles. The van der Waals surface area contributed by atoms with Crippen molar-refractivity contribution in [1.82, 2.24) is 15.1 Å². The van der Waals surface area contributed by atoms with Crippen molar-refractivity contribution in [1.29, 1.82) is 0 Å². The van der Waals surface area contributed by atoms with Gasteiger partial charge in [0.05, 0.1) is 5.56 Å². The smallest absolute Gasteiger partial charge is 0.284 e. The maximum Gasteiger partial charge on any atom is 0.284 e. The van der Waals surface area contributed by atoms with Crippen LogP contribution in [0.15, 0.2) is 62.2 Å². The fourth-order valence-electron chi connectivity index (χ4n) is 2.23. The summed E-state index contributed by atoms with van der Waals surface area (Å²) in [5, 5.41) is 8.04. The quantitative estimate of drug-likeness (QED) is 0.507. The van der Waals surface area contributed by atoms with Crippen LogP contribution in [-0.4, -0.2) is 43.9 Å². The third-order valence-electron chi connectivity index (χ3n) is 3.54. The summed E-state index contributed by atoms with van der Waals surface area (Å²) in [6.45, 7) is 1.98. The lowest BCUT2D eigenvalue weighted by atomic mass is 10.1. The SMILES string of the molecule is Cc1ccc(-c2nnc(-c3ccccc3S(=O)(=O)N=CN(C)C)o2)cc1.